The van der Waals surface area contributed by atoms with Crippen LogP contribution in [0.15, 0.2) is 24.3 Å². The molecule has 0 bridgehead atoms. The summed E-state index contributed by atoms with van der Waals surface area (Å²) in [5.74, 6) is -3.56. The minimum atomic E-state index is -1.08. The molecule has 0 unspecified atom stereocenters. The zero-order valence-electron chi connectivity index (χ0n) is 11.5. The maximum atomic E-state index is 11.6. The topological polar surface area (TPSA) is 127 Å². The van der Waals surface area contributed by atoms with Crippen molar-refractivity contribution in [2.45, 2.75) is 12.8 Å². The average Bonchev–Trinajstić information content (AvgIpc) is 2.46. The van der Waals surface area contributed by atoms with E-state index in [2.05, 4.69) is 0 Å². The molecule has 0 radical (unpaired) electrons. The maximum Gasteiger partial charge on any atom is 0.338 e. The van der Waals surface area contributed by atoms with Gasteiger partial charge in [0.25, 0.3) is 0 Å². The van der Waals surface area contributed by atoms with E-state index in [1.165, 1.54) is 24.3 Å². The number of ether oxygens (including phenoxy) is 2. The first-order valence-corrected chi connectivity index (χ1v) is 6.28. The van der Waals surface area contributed by atoms with Gasteiger partial charge in [0, 0.05) is 0 Å². The van der Waals surface area contributed by atoms with Gasteiger partial charge in [-0.25, -0.2) is 9.59 Å². The molecule has 0 atom stereocenters. The van der Waals surface area contributed by atoms with Crippen LogP contribution >= 0.6 is 0 Å². The molecule has 1 aromatic carbocycles. The molecule has 0 aliphatic heterocycles. The van der Waals surface area contributed by atoms with Crippen molar-refractivity contribution < 1.29 is 38.9 Å². The van der Waals surface area contributed by atoms with Gasteiger partial charge in [-0.05, 0) is 24.3 Å². The van der Waals surface area contributed by atoms with Crippen molar-refractivity contribution in [3.05, 3.63) is 35.4 Å². The normalized spacial score (nSPS) is 9.82. The van der Waals surface area contributed by atoms with Crippen LogP contribution in [0.3, 0.4) is 0 Å². The lowest BCUT2D eigenvalue weighted by molar-refractivity contribution is -0.138. The molecule has 0 aliphatic rings. The largest absolute Gasteiger partial charge is 0.481 e. The zero-order valence-corrected chi connectivity index (χ0v) is 11.5. The molecule has 8 nitrogen and oxygen atoms in total. The Labute approximate surface area is 125 Å². The summed E-state index contributed by atoms with van der Waals surface area (Å²) in [6, 6.07) is 5.32. The lowest BCUT2D eigenvalue weighted by atomic mass is 10.1. The highest BCUT2D eigenvalue weighted by Gasteiger charge is 2.12. The van der Waals surface area contributed by atoms with E-state index in [9.17, 15) is 19.2 Å². The lowest BCUT2D eigenvalue weighted by Crippen LogP contribution is -2.11. The lowest BCUT2D eigenvalue weighted by Gasteiger charge is -2.05. The quantitative estimate of drug-likeness (QED) is 0.679. The second-order valence-electron chi connectivity index (χ2n) is 4.14. The van der Waals surface area contributed by atoms with Crippen LogP contribution in [0.5, 0.6) is 0 Å². The summed E-state index contributed by atoms with van der Waals surface area (Å²) >= 11 is 0. The van der Waals surface area contributed by atoms with Crippen molar-refractivity contribution in [2.75, 3.05) is 13.2 Å². The van der Waals surface area contributed by atoms with Crippen LogP contribution in [0, 0.1) is 0 Å². The van der Waals surface area contributed by atoms with Crippen molar-refractivity contribution in [3.8, 4) is 0 Å². The smallest absolute Gasteiger partial charge is 0.338 e. The third-order valence-corrected chi connectivity index (χ3v) is 2.45. The number of carbonyl (C=O) groups excluding carboxylic acids is 2. The molecule has 1 aromatic rings. The molecule has 0 fully saturated rings. The SMILES string of the molecule is O=C(O)CCOC(=O)c1ccc(C(=O)OCCC(=O)O)cc1. The first kappa shape index (κ1) is 17.2. The van der Waals surface area contributed by atoms with Crippen LogP contribution in [0.4, 0.5) is 0 Å². The number of carboxylic acids is 2. The third-order valence-electron chi connectivity index (χ3n) is 2.45. The van der Waals surface area contributed by atoms with Crippen molar-refractivity contribution in [1.29, 1.82) is 0 Å². The maximum absolute atomic E-state index is 11.6. The molecule has 1 rings (SSSR count). The van der Waals surface area contributed by atoms with Gasteiger partial charge in [0.15, 0.2) is 0 Å². The first-order valence-electron chi connectivity index (χ1n) is 6.28. The highest BCUT2D eigenvalue weighted by molar-refractivity contribution is 5.93. The first-order chi connectivity index (χ1) is 10.4. The number of benzene rings is 1. The van der Waals surface area contributed by atoms with Gasteiger partial charge >= 0.3 is 23.9 Å². The Morgan fingerprint density at radius 1 is 0.727 bits per heavy atom. The highest BCUT2D eigenvalue weighted by atomic mass is 16.5. The number of hydrogen-bond acceptors (Lipinski definition) is 6. The van der Waals surface area contributed by atoms with Crippen LogP contribution in [-0.4, -0.2) is 47.3 Å². The Bertz CT molecular complexity index is 510. The minimum Gasteiger partial charge on any atom is -0.481 e. The Hall–Kier alpha value is -2.90. The summed E-state index contributed by atoms with van der Waals surface area (Å²) in [5.41, 5.74) is 0.319. The molecular weight excluding hydrogens is 296 g/mol. The van der Waals surface area contributed by atoms with E-state index in [-0.39, 0.29) is 37.2 Å². The van der Waals surface area contributed by atoms with E-state index < -0.39 is 23.9 Å². The number of hydrogen-bond donors (Lipinski definition) is 2. The molecule has 0 amide bonds. The second-order valence-corrected chi connectivity index (χ2v) is 4.14. The van der Waals surface area contributed by atoms with Gasteiger partial charge in [-0.15, -0.1) is 0 Å². The predicted molar refractivity (Wildman–Crippen MR) is 71.5 cm³/mol. The highest BCUT2D eigenvalue weighted by Crippen LogP contribution is 2.08. The summed E-state index contributed by atoms with van der Waals surface area (Å²) < 4.78 is 9.46. The Kier molecular flexibility index (Phi) is 6.55. The molecule has 8 heteroatoms. The monoisotopic (exact) mass is 310 g/mol. The molecule has 22 heavy (non-hydrogen) atoms. The van der Waals surface area contributed by atoms with Crippen molar-refractivity contribution in [3.63, 3.8) is 0 Å². The van der Waals surface area contributed by atoms with Crippen molar-refractivity contribution in [1.82, 2.24) is 0 Å². The molecule has 0 saturated carbocycles. The van der Waals surface area contributed by atoms with Gasteiger partial charge in [0.1, 0.15) is 13.2 Å². The zero-order chi connectivity index (χ0) is 16.5. The fourth-order valence-electron chi connectivity index (χ4n) is 1.37. The summed E-state index contributed by atoms with van der Waals surface area (Å²) in [6.07, 6.45) is -0.584. The van der Waals surface area contributed by atoms with E-state index in [4.69, 9.17) is 19.7 Å². The van der Waals surface area contributed by atoms with Gasteiger partial charge < -0.3 is 19.7 Å². The molecule has 0 aliphatic carbocycles. The molecule has 0 heterocycles. The third kappa shape index (κ3) is 6.04. The molecular formula is C14H14O8. The van der Waals surface area contributed by atoms with Crippen LogP contribution < -0.4 is 0 Å². The Balaban J connectivity index is 2.51. The van der Waals surface area contributed by atoms with Gasteiger partial charge in [-0.2, -0.15) is 0 Å². The second kappa shape index (κ2) is 8.40. The van der Waals surface area contributed by atoms with E-state index in [0.29, 0.717) is 0 Å². The number of esters is 2. The molecule has 0 spiro atoms. The van der Waals surface area contributed by atoms with Gasteiger partial charge in [-0.1, -0.05) is 0 Å². The summed E-state index contributed by atoms with van der Waals surface area (Å²) in [4.78, 5) is 43.7. The Morgan fingerprint density at radius 3 is 1.32 bits per heavy atom. The number of carboxylic acid groups (broad SMARTS) is 2. The molecule has 0 saturated heterocycles. The van der Waals surface area contributed by atoms with Crippen LogP contribution in [0.1, 0.15) is 33.6 Å². The number of carbonyl (C=O) groups is 4. The van der Waals surface area contributed by atoms with Crippen LogP contribution in [0.25, 0.3) is 0 Å². The van der Waals surface area contributed by atoms with E-state index in [0.717, 1.165) is 0 Å². The summed E-state index contributed by atoms with van der Waals surface area (Å²) in [7, 11) is 0. The van der Waals surface area contributed by atoms with Gasteiger partial charge in [-0.3, -0.25) is 9.59 Å². The standard InChI is InChI=1S/C14H14O8/c15-11(16)5-7-21-13(19)9-1-2-10(4-3-9)14(20)22-8-6-12(17)18/h1-4H,5-8H2,(H,15,16)(H,17,18). The number of rotatable bonds is 8. The fourth-order valence-corrected chi connectivity index (χ4v) is 1.37. The molecule has 118 valence electrons. The Morgan fingerprint density at radius 2 is 1.05 bits per heavy atom. The van der Waals surface area contributed by atoms with Crippen LogP contribution in [-0.2, 0) is 19.1 Å². The van der Waals surface area contributed by atoms with Crippen LogP contribution in [0.2, 0.25) is 0 Å². The minimum absolute atomic E-state index is 0.160. The van der Waals surface area contributed by atoms with Crippen molar-refractivity contribution >= 4 is 23.9 Å². The summed E-state index contributed by atoms with van der Waals surface area (Å²) in [5, 5.41) is 16.8. The molecule has 0 aromatic heterocycles. The number of aliphatic carboxylic acids is 2. The molecule has 2 N–H and O–H groups in total. The van der Waals surface area contributed by atoms with Crippen molar-refractivity contribution in [2.24, 2.45) is 0 Å². The van der Waals surface area contributed by atoms with E-state index >= 15 is 0 Å². The van der Waals surface area contributed by atoms with Gasteiger partial charge in [0.05, 0.1) is 24.0 Å². The average molecular weight is 310 g/mol. The van der Waals surface area contributed by atoms with E-state index in [1.54, 1.807) is 0 Å². The summed E-state index contributed by atoms with van der Waals surface area (Å²) in [6.45, 7) is -0.486. The predicted octanol–water partition coefficient (Wildman–Crippen LogP) is 0.950. The van der Waals surface area contributed by atoms with Gasteiger partial charge in [0.2, 0.25) is 0 Å². The fraction of sp³-hybridized carbons (Fsp3) is 0.286. The van der Waals surface area contributed by atoms with E-state index in [1.807, 2.05) is 0 Å².